The molecule has 18 heavy (non-hydrogen) atoms. The molecule has 5 heteroatoms. The van der Waals surface area contributed by atoms with E-state index < -0.39 is 7.60 Å². The van der Waals surface area contributed by atoms with Crippen LogP contribution in [0.2, 0.25) is 0 Å². The van der Waals surface area contributed by atoms with Gasteiger partial charge in [-0.25, -0.2) is 0 Å². The van der Waals surface area contributed by atoms with Crippen molar-refractivity contribution in [3.8, 4) is 5.75 Å². The molecule has 0 aliphatic carbocycles. The molecule has 0 aliphatic heterocycles. The van der Waals surface area contributed by atoms with Crippen molar-refractivity contribution in [1.82, 2.24) is 0 Å². The summed E-state index contributed by atoms with van der Waals surface area (Å²) in [4.78, 5) is 0. The SMILES string of the molecule is CCOP(=O)(/C=C\c1ccc(OC)cc1)OCC. The van der Waals surface area contributed by atoms with Crippen molar-refractivity contribution in [3.63, 3.8) is 0 Å². The minimum Gasteiger partial charge on any atom is -0.497 e. The summed E-state index contributed by atoms with van der Waals surface area (Å²) in [5, 5.41) is 0. The highest BCUT2D eigenvalue weighted by molar-refractivity contribution is 7.57. The summed E-state index contributed by atoms with van der Waals surface area (Å²) >= 11 is 0. The van der Waals surface area contributed by atoms with E-state index >= 15 is 0 Å². The first-order valence-electron chi connectivity index (χ1n) is 5.85. The van der Waals surface area contributed by atoms with Gasteiger partial charge in [0.1, 0.15) is 5.75 Å². The van der Waals surface area contributed by atoms with Crippen LogP contribution in [0, 0.1) is 0 Å². The first-order valence-corrected chi connectivity index (χ1v) is 7.47. The molecule has 4 nitrogen and oxygen atoms in total. The van der Waals surface area contributed by atoms with E-state index in [1.165, 1.54) is 5.82 Å². The molecule has 0 atom stereocenters. The minimum absolute atomic E-state index is 0.351. The fraction of sp³-hybridized carbons (Fsp3) is 0.385. The lowest BCUT2D eigenvalue weighted by molar-refractivity contribution is 0.229. The van der Waals surface area contributed by atoms with E-state index in [1.807, 2.05) is 24.3 Å². The molecule has 0 N–H and O–H groups in total. The second-order valence-corrected chi connectivity index (χ2v) is 5.36. The van der Waals surface area contributed by atoms with Gasteiger partial charge in [-0.2, -0.15) is 0 Å². The highest BCUT2D eigenvalue weighted by Crippen LogP contribution is 2.50. The lowest BCUT2D eigenvalue weighted by Crippen LogP contribution is -1.92. The molecular weight excluding hydrogens is 251 g/mol. The summed E-state index contributed by atoms with van der Waals surface area (Å²) in [5.74, 6) is 2.27. The van der Waals surface area contributed by atoms with Crippen molar-refractivity contribution in [2.24, 2.45) is 0 Å². The number of ether oxygens (including phenoxy) is 1. The van der Waals surface area contributed by atoms with E-state index in [2.05, 4.69) is 0 Å². The Morgan fingerprint density at radius 3 is 2.11 bits per heavy atom. The van der Waals surface area contributed by atoms with E-state index in [9.17, 15) is 4.57 Å². The van der Waals surface area contributed by atoms with Crippen LogP contribution in [0.1, 0.15) is 19.4 Å². The van der Waals surface area contributed by atoms with Crippen LogP contribution in [0.15, 0.2) is 30.1 Å². The molecule has 0 heterocycles. The Balaban J connectivity index is 2.78. The highest BCUT2D eigenvalue weighted by Gasteiger charge is 2.18. The minimum atomic E-state index is -3.12. The van der Waals surface area contributed by atoms with Gasteiger partial charge >= 0.3 is 7.60 Å². The predicted octanol–water partition coefficient (Wildman–Crippen LogP) is 3.93. The quantitative estimate of drug-likeness (QED) is 0.704. The number of benzene rings is 1. The Hall–Kier alpha value is -1.09. The predicted molar refractivity (Wildman–Crippen MR) is 72.9 cm³/mol. The van der Waals surface area contributed by atoms with E-state index in [4.69, 9.17) is 13.8 Å². The normalized spacial score (nSPS) is 11.9. The summed E-state index contributed by atoms with van der Waals surface area (Å²) in [6.45, 7) is 4.27. The Labute approximate surface area is 108 Å². The molecule has 0 unspecified atom stereocenters. The zero-order valence-electron chi connectivity index (χ0n) is 11.0. The lowest BCUT2D eigenvalue weighted by atomic mass is 10.2. The van der Waals surface area contributed by atoms with Crippen molar-refractivity contribution in [2.75, 3.05) is 20.3 Å². The highest BCUT2D eigenvalue weighted by atomic mass is 31.2. The van der Waals surface area contributed by atoms with Crippen molar-refractivity contribution in [3.05, 3.63) is 35.6 Å². The van der Waals surface area contributed by atoms with E-state index in [0.29, 0.717) is 13.2 Å². The molecular formula is C13H19O4P. The lowest BCUT2D eigenvalue weighted by Gasteiger charge is -2.12. The molecule has 0 spiro atoms. The average molecular weight is 270 g/mol. The second-order valence-electron chi connectivity index (χ2n) is 3.46. The van der Waals surface area contributed by atoms with Gasteiger partial charge in [-0.1, -0.05) is 12.1 Å². The summed E-state index contributed by atoms with van der Waals surface area (Å²) in [6, 6.07) is 7.42. The second kappa shape index (κ2) is 7.37. The van der Waals surface area contributed by atoms with Gasteiger partial charge < -0.3 is 13.8 Å². The fourth-order valence-electron chi connectivity index (χ4n) is 1.38. The van der Waals surface area contributed by atoms with Crippen LogP contribution in [0.4, 0.5) is 0 Å². The van der Waals surface area contributed by atoms with Gasteiger partial charge in [0.2, 0.25) is 0 Å². The first-order chi connectivity index (χ1) is 8.63. The third-order valence-electron chi connectivity index (χ3n) is 2.18. The number of hydrogen-bond donors (Lipinski definition) is 0. The van der Waals surface area contributed by atoms with Crippen molar-refractivity contribution < 1.29 is 18.3 Å². The Bertz CT molecular complexity index is 415. The molecule has 0 aliphatic rings. The average Bonchev–Trinajstić information content (AvgIpc) is 2.38. The molecule has 1 aromatic carbocycles. The largest absolute Gasteiger partial charge is 0.497 e. The molecule has 0 saturated heterocycles. The number of rotatable bonds is 7. The van der Waals surface area contributed by atoms with Crippen LogP contribution in [0.3, 0.4) is 0 Å². The van der Waals surface area contributed by atoms with Gasteiger partial charge in [0.25, 0.3) is 0 Å². The van der Waals surface area contributed by atoms with Crippen LogP contribution < -0.4 is 4.74 Å². The van der Waals surface area contributed by atoms with Gasteiger partial charge in [0.05, 0.1) is 20.3 Å². The summed E-state index contributed by atoms with van der Waals surface area (Å²) in [5.41, 5.74) is 0.912. The maximum absolute atomic E-state index is 12.2. The van der Waals surface area contributed by atoms with Gasteiger partial charge in [-0.3, -0.25) is 4.57 Å². The zero-order chi connectivity index (χ0) is 13.4. The summed E-state index contributed by atoms with van der Waals surface area (Å²) in [6.07, 6.45) is 1.73. The molecule has 100 valence electrons. The fourth-order valence-corrected chi connectivity index (χ4v) is 2.70. The monoisotopic (exact) mass is 270 g/mol. The molecule has 0 fully saturated rings. The van der Waals surface area contributed by atoms with E-state index in [-0.39, 0.29) is 0 Å². The molecule has 0 bridgehead atoms. The number of hydrogen-bond acceptors (Lipinski definition) is 4. The molecule has 1 rings (SSSR count). The maximum Gasteiger partial charge on any atom is 0.354 e. The van der Waals surface area contributed by atoms with Crippen molar-refractivity contribution >= 4 is 13.7 Å². The Kier molecular flexibility index (Phi) is 6.13. The molecule has 0 amide bonds. The maximum atomic E-state index is 12.2. The zero-order valence-corrected chi connectivity index (χ0v) is 11.9. The van der Waals surface area contributed by atoms with Crippen LogP contribution >= 0.6 is 7.60 Å². The molecule has 0 saturated carbocycles. The van der Waals surface area contributed by atoms with Gasteiger partial charge in [0.15, 0.2) is 0 Å². The first kappa shape index (κ1) is 15.0. The van der Waals surface area contributed by atoms with E-state index in [1.54, 1.807) is 27.0 Å². The summed E-state index contributed by atoms with van der Waals surface area (Å²) < 4.78 is 27.5. The van der Waals surface area contributed by atoms with Crippen LogP contribution in [0.5, 0.6) is 5.75 Å². The standard InChI is InChI=1S/C13H19O4P/c1-4-16-18(14,17-5-2)11-10-12-6-8-13(15-3)9-7-12/h6-11H,4-5H2,1-3H3/b11-10-. The molecule has 1 aromatic rings. The van der Waals surface area contributed by atoms with Crippen molar-refractivity contribution in [1.29, 1.82) is 0 Å². The molecule has 0 radical (unpaired) electrons. The third kappa shape index (κ3) is 4.65. The van der Waals surface area contributed by atoms with E-state index in [0.717, 1.165) is 11.3 Å². The van der Waals surface area contributed by atoms with Gasteiger partial charge in [0, 0.05) is 5.82 Å². The third-order valence-corrected chi connectivity index (χ3v) is 3.93. The van der Waals surface area contributed by atoms with Crippen LogP contribution in [-0.4, -0.2) is 20.3 Å². The Morgan fingerprint density at radius 2 is 1.67 bits per heavy atom. The van der Waals surface area contributed by atoms with Gasteiger partial charge in [-0.05, 0) is 37.6 Å². The Morgan fingerprint density at radius 1 is 1.11 bits per heavy atom. The van der Waals surface area contributed by atoms with Crippen LogP contribution in [0.25, 0.3) is 6.08 Å². The van der Waals surface area contributed by atoms with Crippen molar-refractivity contribution in [2.45, 2.75) is 13.8 Å². The topological polar surface area (TPSA) is 44.8 Å². The number of methoxy groups -OCH3 is 1. The smallest absolute Gasteiger partial charge is 0.354 e. The van der Waals surface area contributed by atoms with Crippen LogP contribution in [-0.2, 0) is 13.6 Å². The molecule has 0 aromatic heterocycles. The summed E-state index contributed by atoms with van der Waals surface area (Å²) in [7, 11) is -1.50. The van der Waals surface area contributed by atoms with Gasteiger partial charge in [-0.15, -0.1) is 0 Å².